The molecule has 66 valence electrons. The van der Waals surface area contributed by atoms with Gasteiger partial charge in [0.1, 0.15) is 6.29 Å². The van der Waals surface area contributed by atoms with E-state index < -0.39 is 11.7 Å². The SMILES string of the molecule is O=CCc1cscc1C(F)(F)F. The molecule has 0 aliphatic rings. The second-order valence-corrected chi connectivity index (χ2v) is 2.92. The highest BCUT2D eigenvalue weighted by atomic mass is 32.1. The summed E-state index contributed by atoms with van der Waals surface area (Å²) in [7, 11) is 0. The van der Waals surface area contributed by atoms with Gasteiger partial charge in [-0.2, -0.15) is 24.5 Å². The van der Waals surface area contributed by atoms with Crippen LogP contribution in [0.3, 0.4) is 0 Å². The van der Waals surface area contributed by atoms with Crippen LogP contribution in [0.1, 0.15) is 11.1 Å². The van der Waals surface area contributed by atoms with E-state index in [1.165, 1.54) is 5.38 Å². The number of alkyl halides is 3. The van der Waals surface area contributed by atoms with Crippen molar-refractivity contribution in [1.82, 2.24) is 0 Å². The van der Waals surface area contributed by atoms with Gasteiger partial charge in [0, 0.05) is 11.8 Å². The van der Waals surface area contributed by atoms with Crippen molar-refractivity contribution in [3.05, 3.63) is 21.9 Å². The lowest BCUT2D eigenvalue weighted by Gasteiger charge is -2.04. The van der Waals surface area contributed by atoms with Crippen molar-refractivity contribution in [1.29, 1.82) is 0 Å². The first-order valence-electron chi connectivity index (χ1n) is 3.11. The van der Waals surface area contributed by atoms with Crippen LogP contribution in [0.4, 0.5) is 13.2 Å². The zero-order valence-electron chi connectivity index (χ0n) is 5.89. The quantitative estimate of drug-likeness (QED) is 0.661. The summed E-state index contributed by atoms with van der Waals surface area (Å²) in [5.41, 5.74) is -0.637. The maximum Gasteiger partial charge on any atom is 0.417 e. The van der Waals surface area contributed by atoms with E-state index in [0.29, 0.717) is 6.29 Å². The number of hydrogen-bond donors (Lipinski definition) is 0. The minimum absolute atomic E-state index is 0.0579. The lowest BCUT2D eigenvalue weighted by molar-refractivity contribution is -0.137. The summed E-state index contributed by atoms with van der Waals surface area (Å²) < 4.78 is 36.3. The third kappa shape index (κ3) is 1.85. The number of carbonyl (C=O) groups is 1. The lowest BCUT2D eigenvalue weighted by Crippen LogP contribution is -2.06. The highest BCUT2D eigenvalue weighted by molar-refractivity contribution is 7.08. The molecule has 0 saturated carbocycles. The molecule has 0 N–H and O–H groups in total. The summed E-state index contributed by atoms with van der Waals surface area (Å²) in [4.78, 5) is 9.99. The molecular formula is C7H5F3OS. The van der Waals surface area contributed by atoms with Gasteiger partial charge in [-0.15, -0.1) is 0 Å². The van der Waals surface area contributed by atoms with E-state index >= 15 is 0 Å². The van der Waals surface area contributed by atoms with E-state index in [0.717, 1.165) is 16.7 Å². The lowest BCUT2D eigenvalue weighted by atomic mass is 10.1. The standard InChI is InChI=1S/C7H5F3OS/c8-7(9,10)6-4-12-3-5(6)1-2-11/h2-4H,1H2. The number of thiophene rings is 1. The van der Waals surface area contributed by atoms with Crippen molar-refractivity contribution in [3.8, 4) is 0 Å². The molecule has 0 unspecified atom stereocenters. The number of halogens is 3. The van der Waals surface area contributed by atoms with Crippen LogP contribution < -0.4 is 0 Å². The van der Waals surface area contributed by atoms with Crippen molar-refractivity contribution in [3.63, 3.8) is 0 Å². The highest BCUT2D eigenvalue weighted by Crippen LogP contribution is 2.34. The third-order valence-corrected chi connectivity index (χ3v) is 2.14. The molecule has 0 spiro atoms. The summed E-state index contributed by atoms with van der Waals surface area (Å²) in [6, 6.07) is 0. The zero-order chi connectivity index (χ0) is 9.19. The van der Waals surface area contributed by atoms with Gasteiger partial charge in [-0.25, -0.2) is 0 Å². The van der Waals surface area contributed by atoms with E-state index in [4.69, 9.17) is 0 Å². The average molecular weight is 194 g/mol. The maximum absolute atomic E-state index is 12.1. The summed E-state index contributed by atoms with van der Waals surface area (Å²) in [5.74, 6) is 0. The molecule has 1 nitrogen and oxygen atoms in total. The van der Waals surface area contributed by atoms with E-state index in [2.05, 4.69) is 0 Å². The van der Waals surface area contributed by atoms with E-state index in [1.807, 2.05) is 0 Å². The van der Waals surface area contributed by atoms with Crippen molar-refractivity contribution in [2.24, 2.45) is 0 Å². The number of aldehydes is 1. The van der Waals surface area contributed by atoms with Crippen LogP contribution in [0, 0.1) is 0 Å². The Morgan fingerprint density at radius 3 is 2.58 bits per heavy atom. The molecule has 0 saturated heterocycles. The Kier molecular flexibility index (Phi) is 2.52. The molecule has 0 aliphatic carbocycles. The van der Waals surface area contributed by atoms with Crippen LogP contribution in [0.2, 0.25) is 0 Å². The number of carbonyl (C=O) groups excluding carboxylic acids is 1. The molecular weight excluding hydrogens is 189 g/mol. The molecule has 12 heavy (non-hydrogen) atoms. The highest BCUT2D eigenvalue weighted by Gasteiger charge is 2.33. The fraction of sp³-hybridized carbons (Fsp3) is 0.286. The average Bonchev–Trinajstić information content (AvgIpc) is 2.34. The predicted octanol–water partition coefficient (Wildman–Crippen LogP) is 2.51. The largest absolute Gasteiger partial charge is 0.417 e. The molecule has 1 rings (SSSR count). The van der Waals surface area contributed by atoms with Crippen LogP contribution in [0.5, 0.6) is 0 Å². The van der Waals surface area contributed by atoms with Gasteiger partial charge >= 0.3 is 6.18 Å². The molecule has 0 bridgehead atoms. The van der Waals surface area contributed by atoms with Gasteiger partial charge in [0.2, 0.25) is 0 Å². The molecule has 0 atom stereocenters. The Morgan fingerprint density at radius 2 is 2.08 bits per heavy atom. The normalized spacial score (nSPS) is 11.6. The van der Waals surface area contributed by atoms with Crippen molar-refractivity contribution in [2.75, 3.05) is 0 Å². The Labute approximate surface area is 70.8 Å². The van der Waals surface area contributed by atoms with Crippen molar-refractivity contribution >= 4 is 17.6 Å². The van der Waals surface area contributed by atoms with Gasteiger partial charge in [-0.1, -0.05) is 0 Å². The summed E-state index contributed by atoms with van der Waals surface area (Å²) >= 11 is 0.954. The molecule has 0 aliphatic heterocycles. The smallest absolute Gasteiger partial charge is 0.303 e. The third-order valence-electron chi connectivity index (χ3n) is 1.35. The second-order valence-electron chi connectivity index (χ2n) is 2.18. The fourth-order valence-corrected chi connectivity index (χ4v) is 1.70. The van der Waals surface area contributed by atoms with Gasteiger partial charge in [0.15, 0.2) is 0 Å². The minimum atomic E-state index is -4.33. The molecule has 0 fully saturated rings. The van der Waals surface area contributed by atoms with Gasteiger partial charge < -0.3 is 4.79 Å². The van der Waals surface area contributed by atoms with Crippen molar-refractivity contribution < 1.29 is 18.0 Å². The summed E-state index contributed by atoms with van der Waals surface area (Å²) in [6.07, 6.45) is -4.03. The second kappa shape index (κ2) is 3.26. The van der Waals surface area contributed by atoms with Crippen LogP contribution in [0.15, 0.2) is 10.8 Å². The minimum Gasteiger partial charge on any atom is -0.303 e. The molecule has 1 heterocycles. The zero-order valence-corrected chi connectivity index (χ0v) is 6.71. The van der Waals surface area contributed by atoms with Gasteiger partial charge in [-0.3, -0.25) is 0 Å². The van der Waals surface area contributed by atoms with Gasteiger partial charge in [0.05, 0.1) is 5.56 Å². The van der Waals surface area contributed by atoms with Gasteiger partial charge in [-0.05, 0) is 10.9 Å². The Morgan fingerprint density at radius 1 is 1.42 bits per heavy atom. The van der Waals surface area contributed by atoms with E-state index in [9.17, 15) is 18.0 Å². The number of hydrogen-bond acceptors (Lipinski definition) is 2. The molecule has 0 radical (unpaired) electrons. The number of rotatable bonds is 2. The summed E-state index contributed by atoms with van der Waals surface area (Å²) in [5, 5.41) is 2.36. The van der Waals surface area contributed by atoms with Crippen LogP contribution >= 0.6 is 11.3 Å². The van der Waals surface area contributed by atoms with Gasteiger partial charge in [0.25, 0.3) is 0 Å². The summed E-state index contributed by atoms with van der Waals surface area (Å²) in [6.45, 7) is 0. The van der Waals surface area contributed by atoms with Crippen LogP contribution in [0.25, 0.3) is 0 Å². The molecule has 1 aromatic rings. The van der Waals surface area contributed by atoms with Crippen LogP contribution in [-0.2, 0) is 17.4 Å². The Balaban J connectivity index is 2.99. The maximum atomic E-state index is 12.1. The molecule has 0 aromatic carbocycles. The Bertz CT molecular complexity index is 276. The fourth-order valence-electron chi connectivity index (χ4n) is 0.820. The molecule has 5 heteroatoms. The topological polar surface area (TPSA) is 17.1 Å². The van der Waals surface area contributed by atoms with E-state index in [1.54, 1.807) is 0 Å². The predicted molar refractivity (Wildman–Crippen MR) is 39.1 cm³/mol. The monoisotopic (exact) mass is 194 g/mol. The Hall–Kier alpha value is -0.840. The van der Waals surface area contributed by atoms with E-state index in [-0.39, 0.29) is 12.0 Å². The first-order valence-corrected chi connectivity index (χ1v) is 4.06. The molecule has 1 aromatic heterocycles. The molecule has 0 amide bonds. The van der Waals surface area contributed by atoms with Crippen LogP contribution in [-0.4, -0.2) is 6.29 Å². The first kappa shape index (κ1) is 9.25. The van der Waals surface area contributed by atoms with Crippen molar-refractivity contribution in [2.45, 2.75) is 12.6 Å². The first-order chi connectivity index (χ1) is 5.55.